The average molecular weight is 497 g/mol. The van der Waals surface area contributed by atoms with E-state index in [0.717, 1.165) is 36.1 Å². The van der Waals surface area contributed by atoms with Crippen molar-refractivity contribution < 1.29 is 14.3 Å². The van der Waals surface area contributed by atoms with Gasteiger partial charge in [-0.15, -0.1) is 11.3 Å². The van der Waals surface area contributed by atoms with Crippen LogP contribution < -0.4 is 10.1 Å². The van der Waals surface area contributed by atoms with E-state index in [1.807, 2.05) is 60.0 Å². The quantitative estimate of drug-likeness (QED) is 0.408. The van der Waals surface area contributed by atoms with E-state index in [-0.39, 0.29) is 30.8 Å². The summed E-state index contributed by atoms with van der Waals surface area (Å²) in [4.78, 5) is 30.1. The summed E-state index contributed by atoms with van der Waals surface area (Å²) >= 11 is 8.01. The molecule has 1 aliphatic carbocycles. The van der Waals surface area contributed by atoms with Gasteiger partial charge in [0.2, 0.25) is 11.8 Å². The number of thiophene rings is 1. The number of benzene rings is 2. The fraction of sp³-hybridized carbons (Fsp3) is 0.333. The molecular formula is C27H29ClN2O3S. The molecule has 1 fully saturated rings. The van der Waals surface area contributed by atoms with E-state index in [9.17, 15) is 9.59 Å². The monoisotopic (exact) mass is 496 g/mol. The number of nitrogens with one attached hydrogen (secondary N) is 1. The van der Waals surface area contributed by atoms with Crippen LogP contribution in [-0.2, 0) is 22.6 Å². The predicted octanol–water partition coefficient (Wildman–Crippen LogP) is 5.78. The third-order valence-electron chi connectivity index (χ3n) is 6.20. The standard InChI is InChI=1S/C27H29ClN2O3S/c1-33-22-12-6-9-19(16-22)26(27(32)29-21-10-3-4-11-21)30(18-20-8-2-5-14-24(20)28)25(31)17-23-13-7-15-34-23/h2,5-9,12-16,21,26H,3-4,10-11,17-18H2,1H3,(H,29,32). The number of carbonyl (C=O) groups is 2. The van der Waals surface area contributed by atoms with Crippen LogP contribution >= 0.6 is 22.9 Å². The maximum absolute atomic E-state index is 13.7. The van der Waals surface area contributed by atoms with Crippen LogP contribution in [0, 0.1) is 0 Å². The molecule has 2 amide bonds. The van der Waals surface area contributed by atoms with Gasteiger partial charge in [-0.25, -0.2) is 0 Å². The minimum absolute atomic E-state index is 0.128. The first kappa shape index (κ1) is 24.3. The lowest BCUT2D eigenvalue weighted by Gasteiger charge is -2.33. The summed E-state index contributed by atoms with van der Waals surface area (Å²) in [7, 11) is 1.59. The molecule has 4 rings (SSSR count). The highest BCUT2D eigenvalue weighted by atomic mass is 35.5. The highest BCUT2D eigenvalue weighted by Crippen LogP contribution is 2.30. The molecule has 1 saturated carbocycles. The Hall–Kier alpha value is -2.83. The number of rotatable bonds is 9. The van der Waals surface area contributed by atoms with E-state index in [1.165, 1.54) is 11.3 Å². The lowest BCUT2D eigenvalue weighted by molar-refractivity contribution is -0.141. The summed E-state index contributed by atoms with van der Waals surface area (Å²) in [6.45, 7) is 0.226. The van der Waals surface area contributed by atoms with E-state index < -0.39 is 6.04 Å². The molecule has 34 heavy (non-hydrogen) atoms. The van der Waals surface area contributed by atoms with Crippen LogP contribution in [0.5, 0.6) is 5.75 Å². The van der Waals surface area contributed by atoms with Gasteiger partial charge in [0.25, 0.3) is 0 Å². The van der Waals surface area contributed by atoms with Gasteiger partial charge < -0.3 is 15.0 Å². The fourth-order valence-electron chi connectivity index (χ4n) is 4.43. The molecule has 5 nitrogen and oxygen atoms in total. The Bertz CT molecular complexity index is 1110. The SMILES string of the molecule is COc1cccc(C(C(=O)NC2CCCC2)N(Cc2ccccc2Cl)C(=O)Cc2cccs2)c1. The van der Waals surface area contributed by atoms with Crippen molar-refractivity contribution in [1.29, 1.82) is 0 Å². The molecule has 1 aliphatic rings. The molecule has 0 saturated heterocycles. The smallest absolute Gasteiger partial charge is 0.247 e. The van der Waals surface area contributed by atoms with Crippen LogP contribution in [0.15, 0.2) is 66.0 Å². The highest BCUT2D eigenvalue weighted by molar-refractivity contribution is 7.10. The van der Waals surface area contributed by atoms with E-state index in [2.05, 4.69) is 5.32 Å². The second-order valence-corrected chi connectivity index (χ2v) is 9.98. The maximum atomic E-state index is 13.7. The first-order valence-corrected chi connectivity index (χ1v) is 12.8. The van der Waals surface area contributed by atoms with Gasteiger partial charge in [-0.3, -0.25) is 9.59 Å². The summed E-state index contributed by atoms with van der Waals surface area (Å²) in [6, 6.07) is 18.0. The zero-order valence-corrected chi connectivity index (χ0v) is 20.8. The number of halogens is 1. The van der Waals surface area contributed by atoms with Crippen molar-refractivity contribution in [3.05, 3.63) is 87.1 Å². The molecule has 1 aromatic heterocycles. The number of methoxy groups -OCH3 is 1. The lowest BCUT2D eigenvalue weighted by Crippen LogP contribution is -2.46. The average Bonchev–Trinajstić information content (AvgIpc) is 3.54. The topological polar surface area (TPSA) is 58.6 Å². The first-order valence-electron chi connectivity index (χ1n) is 11.5. The second-order valence-electron chi connectivity index (χ2n) is 8.54. The number of hydrogen-bond acceptors (Lipinski definition) is 4. The number of ether oxygens (including phenoxy) is 1. The molecule has 1 heterocycles. The molecular weight excluding hydrogens is 468 g/mol. The summed E-state index contributed by atoms with van der Waals surface area (Å²) in [6.07, 6.45) is 4.36. The molecule has 0 radical (unpaired) electrons. The van der Waals surface area contributed by atoms with Crippen molar-refractivity contribution in [2.45, 2.75) is 50.7 Å². The lowest BCUT2D eigenvalue weighted by atomic mass is 10.0. The van der Waals surface area contributed by atoms with Gasteiger partial charge >= 0.3 is 0 Å². The Kier molecular flexibility index (Phi) is 8.25. The van der Waals surface area contributed by atoms with Crippen molar-refractivity contribution in [3.63, 3.8) is 0 Å². The van der Waals surface area contributed by atoms with E-state index >= 15 is 0 Å². The Morgan fingerprint density at radius 2 is 1.91 bits per heavy atom. The van der Waals surface area contributed by atoms with Gasteiger partial charge in [0, 0.05) is 22.5 Å². The van der Waals surface area contributed by atoms with Gasteiger partial charge in [-0.1, -0.05) is 60.8 Å². The number of carbonyl (C=O) groups excluding carboxylic acids is 2. The van der Waals surface area contributed by atoms with Gasteiger partial charge in [-0.05, 0) is 53.6 Å². The Balaban J connectivity index is 1.73. The minimum atomic E-state index is -0.806. The molecule has 1 N–H and O–H groups in total. The minimum Gasteiger partial charge on any atom is -0.497 e. The number of hydrogen-bond donors (Lipinski definition) is 1. The molecule has 2 aromatic carbocycles. The Morgan fingerprint density at radius 3 is 2.62 bits per heavy atom. The molecule has 178 valence electrons. The van der Waals surface area contributed by atoms with Crippen molar-refractivity contribution in [2.24, 2.45) is 0 Å². The molecule has 1 unspecified atom stereocenters. The van der Waals surface area contributed by atoms with Crippen molar-refractivity contribution in [1.82, 2.24) is 10.2 Å². The molecule has 3 aromatic rings. The van der Waals surface area contributed by atoms with Crippen LogP contribution in [0.2, 0.25) is 5.02 Å². The van der Waals surface area contributed by atoms with E-state index in [4.69, 9.17) is 16.3 Å². The molecule has 0 spiro atoms. The van der Waals surface area contributed by atoms with Gasteiger partial charge in [-0.2, -0.15) is 0 Å². The van der Waals surface area contributed by atoms with Crippen LogP contribution in [0.3, 0.4) is 0 Å². The third kappa shape index (κ3) is 5.99. The van der Waals surface area contributed by atoms with Crippen LogP contribution in [0.1, 0.15) is 47.7 Å². The third-order valence-corrected chi connectivity index (χ3v) is 7.44. The normalized spacial score (nSPS) is 14.5. The molecule has 0 bridgehead atoms. The van der Waals surface area contributed by atoms with Crippen molar-refractivity contribution in [3.8, 4) is 5.75 Å². The van der Waals surface area contributed by atoms with Crippen LogP contribution in [0.25, 0.3) is 0 Å². The summed E-state index contributed by atoms with van der Waals surface area (Å²) in [5.41, 5.74) is 1.51. The number of amides is 2. The second kappa shape index (κ2) is 11.5. The van der Waals surface area contributed by atoms with Crippen LogP contribution in [-0.4, -0.2) is 29.9 Å². The fourth-order valence-corrected chi connectivity index (χ4v) is 5.32. The van der Waals surface area contributed by atoms with Crippen LogP contribution in [0.4, 0.5) is 0 Å². The van der Waals surface area contributed by atoms with Gasteiger partial charge in [0.1, 0.15) is 11.8 Å². The Morgan fingerprint density at radius 1 is 1.12 bits per heavy atom. The van der Waals surface area contributed by atoms with E-state index in [1.54, 1.807) is 18.1 Å². The summed E-state index contributed by atoms with van der Waals surface area (Å²) < 4.78 is 5.43. The summed E-state index contributed by atoms with van der Waals surface area (Å²) in [5.74, 6) is 0.336. The first-order chi connectivity index (χ1) is 16.5. The zero-order chi connectivity index (χ0) is 23.9. The van der Waals surface area contributed by atoms with Crippen molar-refractivity contribution >= 4 is 34.8 Å². The molecule has 7 heteroatoms. The van der Waals surface area contributed by atoms with Gasteiger partial charge in [0.05, 0.1) is 13.5 Å². The van der Waals surface area contributed by atoms with E-state index in [0.29, 0.717) is 16.3 Å². The van der Waals surface area contributed by atoms with Gasteiger partial charge in [0.15, 0.2) is 0 Å². The maximum Gasteiger partial charge on any atom is 0.247 e. The highest BCUT2D eigenvalue weighted by Gasteiger charge is 2.34. The van der Waals surface area contributed by atoms with Crippen molar-refractivity contribution in [2.75, 3.05) is 7.11 Å². The Labute approximate surface area is 209 Å². The number of nitrogens with zero attached hydrogens (tertiary/aromatic N) is 1. The molecule has 0 aliphatic heterocycles. The predicted molar refractivity (Wildman–Crippen MR) is 136 cm³/mol. The largest absolute Gasteiger partial charge is 0.497 e. The zero-order valence-electron chi connectivity index (χ0n) is 19.2. The summed E-state index contributed by atoms with van der Waals surface area (Å²) in [5, 5.41) is 5.72. The molecule has 1 atom stereocenters.